The van der Waals surface area contributed by atoms with Crippen molar-refractivity contribution in [1.29, 1.82) is 0 Å². The van der Waals surface area contributed by atoms with Crippen molar-refractivity contribution in [2.45, 2.75) is 44.7 Å². The molecule has 0 saturated carbocycles. The lowest BCUT2D eigenvalue weighted by Crippen LogP contribution is -2.47. The van der Waals surface area contributed by atoms with Gasteiger partial charge in [-0.2, -0.15) is 0 Å². The molecule has 1 saturated heterocycles. The van der Waals surface area contributed by atoms with Crippen LogP contribution >= 0.6 is 35.3 Å². The summed E-state index contributed by atoms with van der Waals surface area (Å²) < 4.78 is 0. The van der Waals surface area contributed by atoms with Crippen molar-refractivity contribution in [1.82, 2.24) is 20.4 Å². The lowest BCUT2D eigenvalue weighted by atomic mass is 10.0. The number of guanidine groups is 1. The van der Waals surface area contributed by atoms with E-state index in [0.29, 0.717) is 6.04 Å². The zero-order valence-corrected chi connectivity index (χ0v) is 19.8. The Morgan fingerprint density at radius 1 is 1.38 bits per heavy atom. The van der Waals surface area contributed by atoms with Gasteiger partial charge in [0.15, 0.2) is 5.96 Å². The van der Waals surface area contributed by atoms with Gasteiger partial charge < -0.3 is 15.5 Å². The molecule has 1 aromatic rings. The summed E-state index contributed by atoms with van der Waals surface area (Å²) in [5, 5.41) is 9.11. The fourth-order valence-corrected chi connectivity index (χ4v) is 4.49. The molecule has 1 aliphatic heterocycles. The first-order valence-corrected chi connectivity index (χ1v) is 10.4. The SMILES string of the molecule is CCC1CCCCN1CCNC(=NC)NCC(c1cccs1)N(C)C.I. The molecule has 0 amide bonds. The number of halogens is 1. The number of rotatable bonds is 8. The highest BCUT2D eigenvalue weighted by Crippen LogP contribution is 2.22. The maximum atomic E-state index is 4.38. The lowest BCUT2D eigenvalue weighted by Gasteiger charge is -2.35. The monoisotopic (exact) mass is 493 g/mol. The largest absolute Gasteiger partial charge is 0.355 e. The molecule has 0 spiro atoms. The van der Waals surface area contributed by atoms with Crippen molar-refractivity contribution in [2.24, 2.45) is 4.99 Å². The molecule has 2 unspecified atom stereocenters. The Morgan fingerprint density at radius 2 is 2.19 bits per heavy atom. The Morgan fingerprint density at radius 3 is 2.81 bits per heavy atom. The second-order valence-corrected chi connectivity index (χ2v) is 7.95. The van der Waals surface area contributed by atoms with Gasteiger partial charge in [0.1, 0.15) is 0 Å². The number of nitrogens with one attached hydrogen (secondary N) is 2. The van der Waals surface area contributed by atoms with E-state index in [-0.39, 0.29) is 24.0 Å². The van der Waals surface area contributed by atoms with E-state index in [1.165, 1.54) is 37.1 Å². The molecule has 26 heavy (non-hydrogen) atoms. The Kier molecular flexibility index (Phi) is 11.7. The summed E-state index contributed by atoms with van der Waals surface area (Å²) in [6.07, 6.45) is 5.35. The van der Waals surface area contributed by atoms with E-state index in [2.05, 4.69) is 64.0 Å². The molecule has 2 atom stereocenters. The molecule has 2 heterocycles. The molecule has 1 aliphatic rings. The van der Waals surface area contributed by atoms with E-state index < -0.39 is 0 Å². The zero-order valence-electron chi connectivity index (χ0n) is 16.7. The van der Waals surface area contributed by atoms with Crippen molar-refractivity contribution >= 4 is 41.3 Å². The fourth-order valence-electron chi connectivity index (χ4n) is 3.57. The number of likely N-dealkylation sites (tertiary alicyclic amines) is 1. The number of aliphatic imine (C=N–C) groups is 1. The van der Waals surface area contributed by atoms with Crippen LogP contribution in [0.4, 0.5) is 0 Å². The summed E-state index contributed by atoms with van der Waals surface area (Å²) in [6.45, 7) is 6.45. The molecule has 5 nitrogen and oxygen atoms in total. The molecule has 0 aliphatic carbocycles. The number of hydrogen-bond donors (Lipinski definition) is 2. The van der Waals surface area contributed by atoms with Crippen LogP contribution in [0.2, 0.25) is 0 Å². The summed E-state index contributed by atoms with van der Waals surface area (Å²) in [5.41, 5.74) is 0. The molecule has 7 heteroatoms. The van der Waals surface area contributed by atoms with Crippen LogP contribution in [0.15, 0.2) is 22.5 Å². The van der Waals surface area contributed by atoms with Crippen LogP contribution in [0, 0.1) is 0 Å². The zero-order chi connectivity index (χ0) is 18.1. The number of likely N-dealkylation sites (N-methyl/N-ethyl adjacent to an activating group) is 1. The first kappa shape index (κ1) is 23.7. The van der Waals surface area contributed by atoms with Gasteiger partial charge in [-0.25, -0.2) is 0 Å². The highest BCUT2D eigenvalue weighted by atomic mass is 127. The Bertz CT molecular complexity index is 506. The number of piperidine rings is 1. The molecule has 150 valence electrons. The van der Waals surface area contributed by atoms with E-state index in [1.807, 2.05) is 18.4 Å². The van der Waals surface area contributed by atoms with Gasteiger partial charge in [-0.05, 0) is 51.3 Å². The Balaban J connectivity index is 0.00000338. The van der Waals surface area contributed by atoms with Gasteiger partial charge in [0.2, 0.25) is 0 Å². The Labute approximate surface area is 180 Å². The van der Waals surface area contributed by atoms with Crippen LogP contribution < -0.4 is 10.6 Å². The smallest absolute Gasteiger partial charge is 0.191 e. The predicted molar refractivity (Wildman–Crippen MR) is 125 cm³/mol. The first-order chi connectivity index (χ1) is 12.2. The van der Waals surface area contributed by atoms with Gasteiger partial charge in [0.25, 0.3) is 0 Å². The van der Waals surface area contributed by atoms with Crippen molar-refractivity contribution in [3.05, 3.63) is 22.4 Å². The summed E-state index contributed by atoms with van der Waals surface area (Å²) in [6, 6.07) is 5.45. The molecular formula is C19H36IN5S. The molecule has 2 rings (SSSR count). The highest BCUT2D eigenvalue weighted by Gasteiger charge is 2.20. The topological polar surface area (TPSA) is 42.9 Å². The van der Waals surface area contributed by atoms with Crippen molar-refractivity contribution in [3.63, 3.8) is 0 Å². The van der Waals surface area contributed by atoms with Crippen molar-refractivity contribution < 1.29 is 0 Å². The van der Waals surface area contributed by atoms with Crippen LogP contribution in [0.3, 0.4) is 0 Å². The molecule has 0 aromatic carbocycles. The van der Waals surface area contributed by atoms with Crippen molar-refractivity contribution in [2.75, 3.05) is 47.3 Å². The third kappa shape index (κ3) is 7.32. The van der Waals surface area contributed by atoms with E-state index in [0.717, 1.165) is 31.6 Å². The molecule has 0 radical (unpaired) electrons. The van der Waals surface area contributed by atoms with Gasteiger partial charge in [-0.15, -0.1) is 35.3 Å². The van der Waals surface area contributed by atoms with Crippen LogP contribution in [0.25, 0.3) is 0 Å². The summed E-state index contributed by atoms with van der Waals surface area (Å²) >= 11 is 1.81. The van der Waals surface area contributed by atoms with Crippen LogP contribution in [0.5, 0.6) is 0 Å². The quantitative estimate of drug-likeness (QED) is 0.331. The second kappa shape index (κ2) is 12.9. The molecule has 1 fully saturated rings. The maximum Gasteiger partial charge on any atom is 0.191 e. The number of hydrogen-bond acceptors (Lipinski definition) is 4. The first-order valence-electron chi connectivity index (χ1n) is 9.54. The molecule has 0 bridgehead atoms. The average molecular weight is 494 g/mol. The number of thiophene rings is 1. The van der Waals surface area contributed by atoms with Gasteiger partial charge in [-0.1, -0.05) is 19.4 Å². The summed E-state index contributed by atoms with van der Waals surface area (Å²) in [5.74, 6) is 0.897. The fraction of sp³-hybridized carbons (Fsp3) is 0.737. The van der Waals surface area contributed by atoms with E-state index in [4.69, 9.17) is 0 Å². The summed E-state index contributed by atoms with van der Waals surface area (Å²) in [4.78, 5) is 10.7. The third-order valence-corrected chi connectivity index (χ3v) is 6.07. The lowest BCUT2D eigenvalue weighted by molar-refractivity contribution is 0.147. The van der Waals surface area contributed by atoms with Gasteiger partial charge in [0.05, 0.1) is 6.04 Å². The minimum atomic E-state index is 0. The minimum Gasteiger partial charge on any atom is -0.355 e. The predicted octanol–water partition coefficient (Wildman–Crippen LogP) is 3.40. The van der Waals surface area contributed by atoms with Crippen LogP contribution in [0.1, 0.15) is 43.5 Å². The van der Waals surface area contributed by atoms with Gasteiger partial charge in [0, 0.05) is 37.6 Å². The van der Waals surface area contributed by atoms with Crippen molar-refractivity contribution in [3.8, 4) is 0 Å². The van der Waals surface area contributed by atoms with Crippen LogP contribution in [-0.4, -0.2) is 69.1 Å². The van der Waals surface area contributed by atoms with E-state index in [1.54, 1.807) is 0 Å². The van der Waals surface area contributed by atoms with Gasteiger partial charge >= 0.3 is 0 Å². The van der Waals surface area contributed by atoms with Gasteiger partial charge in [-0.3, -0.25) is 9.89 Å². The minimum absolute atomic E-state index is 0. The Hall–Kier alpha value is -0.380. The van der Waals surface area contributed by atoms with E-state index in [9.17, 15) is 0 Å². The second-order valence-electron chi connectivity index (χ2n) is 6.97. The normalized spacial score (nSPS) is 19.9. The molecule has 1 aromatic heterocycles. The third-order valence-electron chi connectivity index (χ3n) is 5.09. The maximum absolute atomic E-state index is 4.38. The number of nitrogens with zero attached hydrogens (tertiary/aromatic N) is 3. The highest BCUT2D eigenvalue weighted by molar-refractivity contribution is 14.0. The summed E-state index contributed by atoms with van der Waals surface area (Å²) in [7, 11) is 6.11. The standard InChI is InChI=1S/C19H35N5S.HI/c1-5-16-9-6-7-12-24(16)13-11-21-19(20-2)22-15-17(23(3)4)18-10-8-14-25-18;/h8,10,14,16-17H,5-7,9,11-13,15H2,1-4H3,(H2,20,21,22);1H. The molecule has 2 N–H and O–H groups in total. The van der Waals surface area contributed by atoms with E-state index >= 15 is 0 Å². The average Bonchev–Trinajstić information content (AvgIpc) is 3.14. The molecular weight excluding hydrogens is 457 g/mol. The van der Waals surface area contributed by atoms with Crippen LogP contribution in [-0.2, 0) is 0 Å².